The number of aryl methyl sites for hydroxylation is 1. The Bertz CT molecular complexity index is 873. The van der Waals surface area contributed by atoms with E-state index in [1.54, 1.807) is 6.92 Å². The largest absolute Gasteiger partial charge is 0.465 e. The Morgan fingerprint density at radius 3 is 2.21 bits per heavy atom. The molecule has 0 aliphatic carbocycles. The third-order valence-electron chi connectivity index (χ3n) is 4.25. The fourth-order valence-corrected chi connectivity index (χ4v) is 3.93. The lowest BCUT2D eigenvalue weighted by molar-refractivity contribution is -0.885. The lowest BCUT2D eigenvalue weighted by atomic mass is 10.1. The molecular formula is C20H25N2O5S+. The first-order valence-corrected chi connectivity index (χ1v) is 9.55. The third-order valence-corrected chi connectivity index (χ3v) is 5.44. The van der Waals surface area contributed by atoms with Gasteiger partial charge in [0.25, 0.3) is 5.91 Å². The SMILES string of the molecule is COC(=O)c1sc(NC(=O)C[NH+](C)Cc2ccc(C)cc2)c(C(=O)OC)c1C. The van der Waals surface area contributed by atoms with Gasteiger partial charge < -0.3 is 19.7 Å². The number of quaternary nitrogens is 1. The van der Waals surface area contributed by atoms with Crippen molar-refractivity contribution in [3.63, 3.8) is 0 Å². The molecule has 0 fully saturated rings. The molecule has 0 radical (unpaired) electrons. The molecule has 7 nitrogen and oxygen atoms in total. The molecular weight excluding hydrogens is 380 g/mol. The van der Waals surface area contributed by atoms with Crippen LogP contribution in [-0.2, 0) is 20.8 Å². The molecule has 2 rings (SSSR count). The monoisotopic (exact) mass is 405 g/mol. The van der Waals surface area contributed by atoms with Crippen molar-refractivity contribution in [2.24, 2.45) is 0 Å². The van der Waals surface area contributed by atoms with Gasteiger partial charge in [-0.1, -0.05) is 29.8 Å². The van der Waals surface area contributed by atoms with Gasteiger partial charge in [0.05, 0.1) is 26.8 Å². The van der Waals surface area contributed by atoms with Gasteiger partial charge in [-0.15, -0.1) is 11.3 Å². The Morgan fingerprint density at radius 2 is 1.64 bits per heavy atom. The Morgan fingerprint density at radius 1 is 1.04 bits per heavy atom. The number of carbonyl (C=O) groups excluding carboxylic acids is 3. The molecule has 2 aromatic rings. The highest BCUT2D eigenvalue weighted by Gasteiger charge is 2.27. The fourth-order valence-electron chi connectivity index (χ4n) is 2.80. The summed E-state index contributed by atoms with van der Waals surface area (Å²) < 4.78 is 9.54. The molecule has 0 spiro atoms. The Kier molecular flexibility index (Phi) is 7.31. The van der Waals surface area contributed by atoms with Gasteiger partial charge in [-0.25, -0.2) is 9.59 Å². The molecule has 1 aromatic heterocycles. The van der Waals surface area contributed by atoms with Crippen LogP contribution in [0.1, 0.15) is 36.7 Å². The second-order valence-corrected chi connectivity index (χ2v) is 7.61. The highest BCUT2D eigenvalue weighted by molar-refractivity contribution is 7.18. The van der Waals surface area contributed by atoms with Crippen molar-refractivity contribution in [3.05, 3.63) is 51.4 Å². The number of methoxy groups -OCH3 is 2. The van der Waals surface area contributed by atoms with Crippen LogP contribution in [0.25, 0.3) is 0 Å². The molecule has 1 aromatic carbocycles. The average Bonchev–Trinajstić information content (AvgIpc) is 2.98. The van der Waals surface area contributed by atoms with Crippen molar-refractivity contribution < 1.29 is 28.8 Å². The minimum absolute atomic E-state index is 0.178. The van der Waals surface area contributed by atoms with Crippen molar-refractivity contribution in [1.29, 1.82) is 0 Å². The Balaban J connectivity index is 2.12. The number of likely N-dealkylation sites (N-methyl/N-ethyl adjacent to an activating group) is 1. The fraction of sp³-hybridized carbons (Fsp3) is 0.350. The molecule has 0 bridgehead atoms. The number of anilines is 1. The maximum absolute atomic E-state index is 12.5. The van der Waals surface area contributed by atoms with Gasteiger partial charge in [0.2, 0.25) is 0 Å². The molecule has 1 unspecified atom stereocenters. The summed E-state index contributed by atoms with van der Waals surface area (Å²) >= 11 is 1.01. The predicted molar refractivity (Wildman–Crippen MR) is 107 cm³/mol. The maximum atomic E-state index is 12.5. The highest BCUT2D eigenvalue weighted by Crippen LogP contribution is 2.34. The molecule has 1 heterocycles. The van der Waals surface area contributed by atoms with Crippen LogP contribution < -0.4 is 10.2 Å². The molecule has 1 atom stereocenters. The lowest BCUT2D eigenvalue weighted by Gasteiger charge is -2.14. The topological polar surface area (TPSA) is 86.1 Å². The zero-order chi connectivity index (χ0) is 20.8. The van der Waals surface area contributed by atoms with Gasteiger partial charge in [0, 0.05) is 5.56 Å². The maximum Gasteiger partial charge on any atom is 0.348 e. The van der Waals surface area contributed by atoms with Gasteiger partial charge in [0.15, 0.2) is 6.54 Å². The Hall–Kier alpha value is -2.71. The number of benzene rings is 1. The average molecular weight is 405 g/mol. The van der Waals surface area contributed by atoms with Crippen LogP contribution in [0.15, 0.2) is 24.3 Å². The number of hydrogen-bond donors (Lipinski definition) is 2. The molecule has 1 amide bonds. The summed E-state index contributed by atoms with van der Waals surface area (Å²) in [6, 6.07) is 8.15. The van der Waals surface area contributed by atoms with Crippen LogP contribution in [0.3, 0.4) is 0 Å². The van der Waals surface area contributed by atoms with Crippen LogP contribution in [0.2, 0.25) is 0 Å². The summed E-state index contributed by atoms with van der Waals surface area (Å²) in [7, 11) is 4.43. The Labute approximate surface area is 168 Å². The molecule has 0 saturated carbocycles. The molecule has 150 valence electrons. The second kappa shape index (κ2) is 9.48. The second-order valence-electron chi connectivity index (χ2n) is 6.59. The summed E-state index contributed by atoms with van der Waals surface area (Å²) in [6.07, 6.45) is 0. The van der Waals surface area contributed by atoms with Crippen molar-refractivity contribution in [1.82, 2.24) is 0 Å². The molecule has 0 saturated heterocycles. The predicted octanol–water partition coefficient (Wildman–Crippen LogP) is 1.59. The first kappa shape index (κ1) is 21.6. The summed E-state index contributed by atoms with van der Waals surface area (Å²) in [5.74, 6) is -1.43. The summed E-state index contributed by atoms with van der Waals surface area (Å²) in [6.45, 7) is 4.55. The van der Waals surface area contributed by atoms with Crippen LogP contribution in [0, 0.1) is 13.8 Å². The van der Waals surface area contributed by atoms with E-state index in [-0.39, 0.29) is 27.9 Å². The number of esters is 2. The molecule has 0 aliphatic rings. The number of ether oxygens (including phenoxy) is 2. The van der Waals surface area contributed by atoms with Crippen molar-refractivity contribution in [3.8, 4) is 0 Å². The summed E-state index contributed by atoms with van der Waals surface area (Å²) in [4.78, 5) is 37.8. The van der Waals surface area contributed by atoms with Gasteiger partial charge in [0.1, 0.15) is 16.4 Å². The van der Waals surface area contributed by atoms with E-state index in [0.717, 1.165) is 21.8 Å². The van der Waals surface area contributed by atoms with E-state index >= 15 is 0 Å². The molecule has 0 aliphatic heterocycles. The minimum Gasteiger partial charge on any atom is -0.465 e. The number of thiophene rings is 1. The van der Waals surface area contributed by atoms with Gasteiger partial charge in [-0.05, 0) is 19.4 Å². The van der Waals surface area contributed by atoms with Crippen LogP contribution in [0.4, 0.5) is 5.00 Å². The van der Waals surface area contributed by atoms with E-state index in [0.29, 0.717) is 12.1 Å². The summed E-state index contributed by atoms with van der Waals surface area (Å²) in [5, 5.41) is 3.03. The molecule has 8 heteroatoms. The quantitative estimate of drug-likeness (QED) is 0.684. The number of rotatable bonds is 7. The van der Waals surface area contributed by atoms with Crippen LogP contribution in [-0.4, -0.2) is 45.7 Å². The minimum atomic E-state index is -0.612. The van der Waals surface area contributed by atoms with Crippen molar-refractivity contribution in [2.75, 3.05) is 33.1 Å². The van der Waals surface area contributed by atoms with E-state index in [9.17, 15) is 14.4 Å². The number of amides is 1. The van der Waals surface area contributed by atoms with Crippen LogP contribution in [0.5, 0.6) is 0 Å². The van der Waals surface area contributed by atoms with Crippen molar-refractivity contribution >= 4 is 34.2 Å². The van der Waals surface area contributed by atoms with Crippen LogP contribution >= 0.6 is 11.3 Å². The highest BCUT2D eigenvalue weighted by atomic mass is 32.1. The van der Waals surface area contributed by atoms with E-state index in [4.69, 9.17) is 9.47 Å². The van der Waals surface area contributed by atoms with Gasteiger partial charge in [-0.3, -0.25) is 4.79 Å². The standard InChI is InChI=1S/C20H24N2O5S/c1-12-6-8-14(9-7-12)10-22(3)11-15(23)21-18-16(19(24)26-4)13(2)17(28-18)20(25)27-5/h6-9H,10-11H2,1-5H3,(H,21,23)/p+1. The van der Waals surface area contributed by atoms with E-state index in [2.05, 4.69) is 5.32 Å². The summed E-state index contributed by atoms with van der Waals surface area (Å²) in [5.41, 5.74) is 2.92. The molecule has 2 N–H and O–H groups in total. The van der Waals surface area contributed by atoms with E-state index < -0.39 is 11.9 Å². The first-order valence-electron chi connectivity index (χ1n) is 8.73. The lowest BCUT2D eigenvalue weighted by Crippen LogP contribution is -3.08. The van der Waals surface area contributed by atoms with Gasteiger partial charge in [-0.2, -0.15) is 0 Å². The number of nitrogens with one attached hydrogen (secondary N) is 2. The smallest absolute Gasteiger partial charge is 0.348 e. The van der Waals surface area contributed by atoms with Gasteiger partial charge >= 0.3 is 11.9 Å². The first-order chi connectivity index (χ1) is 13.3. The van der Waals surface area contributed by atoms with E-state index in [1.807, 2.05) is 38.2 Å². The normalized spacial score (nSPS) is 11.6. The molecule has 28 heavy (non-hydrogen) atoms. The third kappa shape index (κ3) is 5.17. The van der Waals surface area contributed by atoms with E-state index in [1.165, 1.54) is 19.8 Å². The zero-order valence-corrected chi connectivity index (χ0v) is 17.5. The van der Waals surface area contributed by atoms with Crippen molar-refractivity contribution in [2.45, 2.75) is 20.4 Å². The zero-order valence-electron chi connectivity index (χ0n) is 16.7. The number of hydrogen-bond acceptors (Lipinski definition) is 6. The number of carbonyl (C=O) groups is 3.